The molecule has 1 aliphatic heterocycles. The minimum Gasteiger partial charge on any atom is -0.493 e. The first kappa shape index (κ1) is 11.9. The molecule has 0 bridgehead atoms. The number of rotatable bonds is 2. The number of ether oxygens (including phenoxy) is 1. The van der Waals surface area contributed by atoms with Gasteiger partial charge < -0.3 is 15.6 Å². The molecular formula is C13H17NO3. The number of hydrogen-bond donors (Lipinski definition) is 2. The van der Waals surface area contributed by atoms with E-state index < -0.39 is 11.4 Å². The Hall–Kier alpha value is -1.55. The highest BCUT2D eigenvalue weighted by Gasteiger charge is 2.35. The minimum absolute atomic E-state index is 0.0664. The molecule has 17 heavy (non-hydrogen) atoms. The Labute approximate surface area is 100 Å². The number of aliphatic carboxylic acids is 1. The average molecular weight is 235 g/mol. The number of carboxylic acid groups (broad SMARTS) is 1. The highest BCUT2D eigenvalue weighted by molar-refractivity contribution is 5.81. The zero-order valence-electron chi connectivity index (χ0n) is 10.1. The van der Waals surface area contributed by atoms with Gasteiger partial charge in [-0.05, 0) is 13.8 Å². The second-order valence-corrected chi connectivity index (χ2v) is 4.90. The number of nitrogens with two attached hydrogens (primary N) is 1. The van der Waals surface area contributed by atoms with E-state index in [1.165, 1.54) is 0 Å². The summed E-state index contributed by atoms with van der Waals surface area (Å²) >= 11 is 0. The van der Waals surface area contributed by atoms with Crippen molar-refractivity contribution >= 4 is 5.97 Å². The van der Waals surface area contributed by atoms with Crippen molar-refractivity contribution in [3.63, 3.8) is 0 Å². The fourth-order valence-corrected chi connectivity index (χ4v) is 2.06. The Bertz CT molecular complexity index is 454. The third-order valence-electron chi connectivity index (χ3n) is 3.33. The molecular weight excluding hydrogens is 218 g/mol. The van der Waals surface area contributed by atoms with Crippen LogP contribution in [0.25, 0.3) is 0 Å². The quantitative estimate of drug-likeness (QED) is 0.820. The van der Waals surface area contributed by atoms with E-state index in [4.69, 9.17) is 10.5 Å². The van der Waals surface area contributed by atoms with Crippen molar-refractivity contribution in [2.45, 2.75) is 31.7 Å². The summed E-state index contributed by atoms with van der Waals surface area (Å²) in [4.78, 5) is 11.3. The van der Waals surface area contributed by atoms with Gasteiger partial charge >= 0.3 is 5.97 Å². The third kappa shape index (κ3) is 1.89. The molecule has 1 atom stereocenters. The highest BCUT2D eigenvalue weighted by atomic mass is 16.5. The largest absolute Gasteiger partial charge is 0.493 e. The molecule has 0 spiro atoms. The minimum atomic E-state index is -0.970. The predicted octanol–water partition coefficient (Wildman–Crippen LogP) is 1.83. The molecule has 0 saturated heterocycles. The van der Waals surface area contributed by atoms with Gasteiger partial charge in [0.05, 0.1) is 12.0 Å². The van der Waals surface area contributed by atoms with Crippen LogP contribution in [-0.4, -0.2) is 17.7 Å². The van der Waals surface area contributed by atoms with Crippen LogP contribution < -0.4 is 10.5 Å². The molecule has 0 amide bonds. The lowest BCUT2D eigenvalue weighted by atomic mass is 9.82. The Balaban J connectivity index is 2.57. The zero-order chi connectivity index (χ0) is 12.6. The van der Waals surface area contributed by atoms with Gasteiger partial charge in [0.15, 0.2) is 0 Å². The van der Waals surface area contributed by atoms with E-state index in [1.807, 2.05) is 12.1 Å². The van der Waals surface area contributed by atoms with Gasteiger partial charge in [-0.1, -0.05) is 18.2 Å². The molecule has 0 radical (unpaired) electrons. The lowest BCUT2D eigenvalue weighted by Crippen LogP contribution is -2.31. The number of benzene rings is 1. The van der Waals surface area contributed by atoms with E-state index in [9.17, 15) is 9.90 Å². The maximum atomic E-state index is 11.3. The van der Waals surface area contributed by atoms with Gasteiger partial charge in [-0.15, -0.1) is 0 Å². The SMILES string of the molecule is CC(C)(C(=O)O)c1cccc2c1OCCC2N. The van der Waals surface area contributed by atoms with E-state index in [1.54, 1.807) is 19.9 Å². The Morgan fingerprint density at radius 1 is 1.53 bits per heavy atom. The topological polar surface area (TPSA) is 72.5 Å². The summed E-state index contributed by atoms with van der Waals surface area (Å²) in [7, 11) is 0. The van der Waals surface area contributed by atoms with Crippen LogP contribution in [0.3, 0.4) is 0 Å². The maximum Gasteiger partial charge on any atom is 0.313 e. The highest BCUT2D eigenvalue weighted by Crippen LogP contribution is 2.39. The second-order valence-electron chi connectivity index (χ2n) is 4.90. The number of carboxylic acids is 1. The van der Waals surface area contributed by atoms with Crippen LogP contribution >= 0.6 is 0 Å². The number of carbonyl (C=O) groups is 1. The van der Waals surface area contributed by atoms with Crippen molar-refractivity contribution in [2.75, 3.05) is 6.61 Å². The van der Waals surface area contributed by atoms with Crippen LogP contribution in [0.5, 0.6) is 5.75 Å². The molecule has 0 fully saturated rings. The molecule has 0 aliphatic carbocycles. The van der Waals surface area contributed by atoms with Crippen molar-refractivity contribution in [3.05, 3.63) is 29.3 Å². The predicted molar refractivity (Wildman–Crippen MR) is 64.1 cm³/mol. The first-order valence-corrected chi connectivity index (χ1v) is 5.69. The molecule has 2 rings (SSSR count). The molecule has 1 unspecified atom stereocenters. The molecule has 92 valence electrons. The van der Waals surface area contributed by atoms with Crippen LogP contribution in [0.4, 0.5) is 0 Å². The monoisotopic (exact) mass is 235 g/mol. The number of fused-ring (bicyclic) bond motifs is 1. The summed E-state index contributed by atoms with van der Waals surface area (Å²) in [6.45, 7) is 3.89. The van der Waals surface area contributed by atoms with Crippen molar-refractivity contribution in [1.82, 2.24) is 0 Å². The van der Waals surface area contributed by atoms with E-state index >= 15 is 0 Å². The van der Waals surface area contributed by atoms with Crippen molar-refractivity contribution in [1.29, 1.82) is 0 Å². The molecule has 1 heterocycles. The normalized spacial score (nSPS) is 19.4. The van der Waals surface area contributed by atoms with E-state index in [0.29, 0.717) is 17.9 Å². The molecule has 4 nitrogen and oxygen atoms in total. The van der Waals surface area contributed by atoms with Crippen LogP contribution in [0.2, 0.25) is 0 Å². The van der Waals surface area contributed by atoms with Gasteiger partial charge in [0.2, 0.25) is 0 Å². The summed E-state index contributed by atoms with van der Waals surface area (Å²) < 4.78 is 5.62. The molecule has 0 aromatic heterocycles. The number of para-hydroxylation sites is 1. The summed E-state index contributed by atoms with van der Waals surface area (Å²) in [5, 5.41) is 9.28. The van der Waals surface area contributed by atoms with Crippen LogP contribution in [0.15, 0.2) is 18.2 Å². The first-order chi connectivity index (χ1) is 7.94. The van der Waals surface area contributed by atoms with Gasteiger partial charge in [-0.2, -0.15) is 0 Å². The van der Waals surface area contributed by atoms with Gasteiger partial charge in [0, 0.05) is 23.6 Å². The van der Waals surface area contributed by atoms with Gasteiger partial charge in [0.25, 0.3) is 0 Å². The van der Waals surface area contributed by atoms with E-state index in [0.717, 1.165) is 12.0 Å². The molecule has 1 aromatic carbocycles. The Morgan fingerprint density at radius 2 is 2.24 bits per heavy atom. The molecule has 4 heteroatoms. The van der Waals surface area contributed by atoms with Crippen LogP contribution in [-0.2, 0) is 10.2 Å². The van der Waals surface area contributed by atoms with Gasteiger partial charge in [0.1, 0.15) is 5.75 Å². The summed E-state index contributed by atoms with van der Waals surface area (Å²) in [5.41, 5.74) is 6.64. The maximum absolute atomic E-state index is 11.3. The fourth-order valence-electron chi connectivity index (χ4n) is 2.06. The summed E-state index contributed by atoms with van der Waals surface area (Å²) in [6, 6.07) is 5.47. The molecule has 0 saturated carbocycles. The van der Waals surface area contributed by atoms with Crippen molar-refractivity contribution in [3.8, 4) is 5.75 Å². The first-order valence-electron chi connectivity index (χ1n) is 5.69. The summed E-state index contributed by atoms with van der Waals surface area (Å²) in [6.07, 6.45) is 0.768. The van der Waals surface area contributed by atoms with E-state index in [2.05, 4.69) is 0 Å². The van der Waals surface area contributed by atoms with Crippen molar-refractivity contribution < 1.29 is 14.6 Å². The Morgan fingerprint density at radius 3 is 2.88 bits per heavy atom. The Kier molecular flexibility index (Phi) is 2.83. The molecule has 1 aliphatic rings. The van der Waals surface area contributed by atoms with Gasteiger partial charge in [-0.3, -0.25) is 4.79 Å². The zero-order valence-corrected chi connectivity index (χ0v) is 10.1. The summed E-state index contributed by atoms with van der Waals surface area (Å²) in [5.74, 6) is -0.215. The molecule has 3 N–H and O–H groups in total. The van der Waals surface area contributed by atoms with Gasteiger partial charge in [-0.25, -0.2) is 0 Å². The second kappa shape index (κ2) is 4.04. The van der Waals surface area contributed by atoms with Crippen LogP contribution in [0, 0.1) is 0 Å². The standard InChI is InChI=1S/C13H17NO3/c1-13(2,12(15)16)9-5-3-4-8-10(14)6-7-17-11(8)9/h3-5,10H,6-7,14H2,1-2H3,(H,15,16). The lowest BCUT2D eigenvalue weighted by Gasteiger charge is -2.29. The fraction of sp³-hybridized carbons (Fsp3) is 0.462. The van der Waals surface area contributed by atoms with Crippen molar-refractivity contribution in [2.24, 2.45) is 5.73 Å². The average Bonchev–Trinajstić information content (AvgIpc) is 2.28. The van der Waals surface area contributed by atoms with E-state index in [-0.39, 0.29) is 6.04 Å². The van der Waals surface area contributed by atoms with Crippen LogP contribution in [0.1, 0.15) is 37.4 Å². The lowest BCUT2D eigenvalue weighted by molar-refractivity contribution is -0.142. The molecule has 1 aromatic rings. The number of hydrogen-bond acceptors (Lipinski definition) is 3. The third-order valence-corrected chi connectivity index (χ3v) is 3.33. The smallest absolute Gasteiger partial charge is 0.313 e.